The summed E-state index contributed by atoms with van der Waals surface area (Å²) in [5.41, 5.74) is 0.955. The molecule has 2 heterocycles. The number of amides is 4. The Morgan fingerprint density at radius 2 is 0.727 bits per heavy atom. The van der Waals surface area contributed by atoms with Crippen LogP contribution in [0.15, 0.2) is 35.4 Å². The molecule has 4 N–H and O–H groups in total. The van der Waals surface area contributed by atoms with Crippen LogP contribution in [0, 0.1) is 0 Å². The van der Waals surface area contributed by atoms with E-state index in [4.69, 9.17) is 52.9 Å². The predicted molar refractivity (Wildman–Crippen MR) is 166 cm³/mol. The number of carbonyl (C=O) groups is 4. The summed E-state index contributed by atoms with van der Waals surface area (Å²) < 4.78 is 31.3. The van der Waals surface area contributed by atoms with Gasteiger partial charge in [0.2, 0.25) is 11.5 Å². The number of rotatable bonds is 8. The summed E-state index contributed by atoms with van der Waals surface area (Å²) in [5, 5.41) is 9.43. The standard InChI is InChI=1S/2C14H14N2O5S/c2*1-19-9-5-7(6-10(20-2)11(9)21-3)4-8-12(17)15-14(22)16-13(8)18/h2*4-6H,1-3H3,(H2,15,16,17,18,22). The molecular weight excluding hydrogens is 616 g/mol. The molecule has 4 amide bonds. The van der Waals surface area contributed by atoms with Crippen molar-refractivity contribution < 1.29 is 47.6 Å². The van der Waals surface area contributed by atoms with Crippen LogP contribution < -0.4 is 49.7 Å². The number of benzene rings is 2. The molecule has 0 atom stereocenters. The molecule has 0 spiro atoms. The highest BCUT2D eigenvalue weighted by Gasteiger charge is 2.27. The third-order valence-corrected chi connectivity index (χ3v) is 6.29. The van der Waals surface area contributed by atoms with E-state index in [0.29, 0.717) is 45.6 Å². The van der Waals surface area contributed by atoms with Crippen LogP contribution in [0.4, 0.5) is 0 Å². The lowest BCUT2D eigenvalue weighted by Gasteiger charge is -2.17. The maximum atomic E-state index is 11.8. The molecule has 2 aromatic carbocycles. The Bertz CT molecular complexity index is 1390. The summed E-state index contributed by atoms with van der Waals surface area (Å²) in [6, 6.07) is 6.51. The molecular formula is C28H28N4O10S2. The molecule has 16 heteroatoms. The Hall–Kier alpha value is -5.22. The van der Waals surface area contributed by atoms with Crippen LogP contribution >= 0.6 is 24.4 Å². The summed E-state index contributed by atoms with van der Waals surface area (Å²) in [7, 11) is 8.89. The van der Waals surface area contributed by atoms with Crippen molar-refractivity contribution >= 4 is 70.4 Å². The minimum atomic E-state index is -0.567. The van der Waals surface area contributed by atoms with E-state index in [1.807, 2.05) is 0 Å². The molecule has 0 radical (unpaired) electrons. The fraction of sp³-hybridized carbons (Fsp3) is 0.214. The van der Waals surface area contributed by atoms with Crippen molar-refractivity contribution in [3.63, 3.8) is 0 Å². The van der Waals surface area contributed by atoms with Crippen LogP contribution in [0.25, 0.3) is 12.2 Å². The lowest BCUT2D eigenvalue weighted by molar-refractivity contribution is -0.124. The summed E-state index contributed by atoms with van der Waals surface area (Å²) in [6.45, 7) is 0. The summed E-state index contributed by atoms with van der Waals surface area (Å²) in [4.78, 5) is 47.3. The first-order valence-corrected chi connectivity index (χ1v) is 13.2. The SMILES string of the molecule is COc1cc(C=C2C(=O)NC(=S)NC2=O)cc(OC)c1OC.COc1cc(C=C2C(=O)NC(=S)NC2=O)cc(OC)c1OC. The van der Waals surface area contributed by atoms with Gasteiger partial charge in [0.15, 0.2) is 33.2 Å². The van der Waals surface area contributed by atoms with Gasteiger partial charge in [0.25, 0.3) is 23.6 Å². The van der Waals surface area contributed by atoms with Crippen molar-refractivity contribution in [3.8, 4) is 34.5 Å². The molecule has 2 saturated heterocycles. The highest BCUT2D eigenvalue weighted by Crippen LogP contribution is 2.39. The van der Waals surface area contributed by atoms with Gasteiger partial charge in [-0.3, -0.25) is 40.4 Å². The van der Waals surface area contributed by atoms with Crippen molar-refractivity contribution in [3.05, 3.63) is 46.5 Å². The highest BCUT2D eigenvalue weighted by molar-refractivity contribution is 7.80. The van der Waals surface area contributed by atoms with Crippen LogP contribution in [0.5, 0.6) is 34.5 Å². The van der Waals surface area contributed by atoms with Gasteiger partial charge in [-0.25, -0.2) is 0 Å². The molecule has 2 aliphatic rings. The van der Waals surface area contributed by atoms with Crippen molar-refractivity contribution in [2.75, 3.05) is 42.7 Å². The first kappa shape index (κ1) is 33.3. The molecule has 2 aliphatic heterocycles. The number of hydrogen-bond acceptors (Lipinski definition) is 12. The van der Waals surface area contributed by atoms with Gasteiger partial charge in [0.1, 0.15) is 11.1 Å². The summed E-state index contributed by atoms with van der Waals surface area (Å²) in [6.07, 6.45) is 2.83. The molecule has 0 bridgehead atoms. The Kier molecular flexibility index (Phi) is 11.2. The van der Waals surface area contributed by atoms with E-state index >= 15 is 0 Å². The molecule has 0 saturated carbocycles. The van der Waals surface area contributed by atoms with Crippen molar-refractivity contribution in [2.45, 2.75) is 0 Å². The Morgan fingerprint density at radius 1 is 0.477 bits per heavy atom. The second kappa shape index (κ2) is 14.8. The van der Waals surface area contributed by atoms with Crippen LogP contribution in [-0.4, -0.2) is 76.5 Å². The van der Waals surface area contributed by atoms with Crippen LogP contribution in [0.2, 0.25) is 0 Å². The average molecular weight is 645 g/mol. The second-order valence-electron chi connectivity index (χ2n) is 8.51. The summed E-state index contributed by atoms with van der Waals surface area (Å²) in [5.74, 6) is 0.246. The van der Waals surface area contributed by atoms with Gasteiger partial charge >= 0.3 is 0 Å². The maximum absolute atomic E-state index is 11.8. The number of nitrogens with one attached hydrogen (secondary N) is 4. The predicted octanol–water partition coefficient (Wildman–Crippen LogP) is 1.25. The largest absolute Gasteiger partial charge is 0.493 e. The van der Waals surface area contributed by atoms with Crippen LogP contribution in [-0.2, 0) is 19.2 Å². The maximum Gasteiger partial charge on any atom is 0.263 e. The Labute approximate surface area is 262 Å². The van der Waals surface area contributed by atoms with E-state index in [-0.39, 0.29) is 21.4 Å². The minimum absolute atomic E-state index is 0.0166. The zero-order valence-electron chi connectivity index (χ0n) is 24.4. The lowest BCUT2D eigenvalue weighted by atomic mass is 10.1. The van der Waals surface area contributed by atoms with E-state index in [9.17, 15) is 19.2 Å². The number of hydrogen-bond donors (Lipinski definition) is 4. The van der Waals surface area contributed by atoms with E-state index < -0.39 is 23.6 Å². The van der Waals surface area contributed by atoms with E-state index in [0.717, 1.165) is 0 Å². The fourth-order valence-electron chi connectivity index (χ4n) is 3.92. The first-order chi connectivity index (χ1) is 21.0. The molecule has 0 aliphatic carbocycles. The highest BCUT2D eigenvalue weighted by atomic mass is 32.1. The van der Waals surface area contributed by atoms with Gasteiger partial charge in [0.05, 0.1) is 42.7 Å². The molecule has 2 aromatic rings. The normalized spacial score (nSPS) is 14.1. The number of carbonyl (C=O) groups excluding carboxylic acids is 4. The zero-order chi connectivity index (χ0) is 32.6. The number of thiocarbonyl (C=S) groups is 2. The van der Waals surface area contributed by atoms with Gasteiger partial charge in [-0.05, 0) is 72.0 Å². The van der Waals surface area contributed by atoms with Gasteiger partial charge in [-0.15, -0.1) is 0 Å². The molecule has 14 nitrogen and oxygen atoms in total. The monoisotopic (exact) mass is 644 g/mol. The van der Waals surface area contributed by atoms with Crippen molar-refractivity contribution in [1.29, 1.82) is 0 Å². The first-order valence-electron chi connectivity index (χ1n) is 12.4. The van der Waals surface area contributed by atoms with Crippen LogP contribution in [0.1, 0.15) is 11.1 Å². The third kappa shape index (κ3) is 7.59. The fourth-order valence-corrected chi connectivity index (χ4v) is 4.29. The van der Waals surface area contributed by atoms with Crippen molar-refractivity contribution in [2.24, 2.45) is 0 Å². The Balaban J connectivity index is 0.000000240. The van der Waals surface area contributed by atoms with Gasteiger partial charge in [-0.1, -0.05) is 0 Å². The topological polar surface area (TPSA) is 172 Å². The molecule has 44 heavy (non-hydrogen) atoms. The second-order valence-corrected chi connectivity index (χ2v) is 9.32. The van der Waals surface area contributed by atoms with E-state index in [1.54, 1.807) is 24.3 Å². The Morgan fingerprint density at radius 3 is 0.932 bits per heavy atom. The lowest BCUT2D eigenvalue weighted by Crippen LogP contribution is -2.51. The van der Waals surface area contributed by atoms with Gasteiger partial charge in [0, 0.05) is 0 Å². The number of methoxy groups -OCH3 is 6. The minimum Gasteiger partial charge on any atom is -0.493 e. The molecule has 0 unspecified atom stereocenters. The summed E-state index contributed by atoms with van der Waals surface area (Å²) >= 11 is 9.48. The quantitative estimate of drug-likeness (QED) is 0.185. The third-order valence-electron chi connectivity index (χ3n) is 5.88. The molecule has 232 valence electrons. The van der Waals surface area contributed by atoms with Gasteiger partial charge in [-0.2, -0.15) is 0 Å². The number of ether oxygens (including phenoxy) is 6. The van der Waals surface area contributed by atoms with Crippen LogP contribution in [0.3, 0.4) is 0 Å². The zero-order valence-corrected chi connectivity index (χ0v) is 26.0. The average Bonchev–Trinajstić information content (AvgIpc) is 2.99. The smallest absolute Gasteiger partial charge is 0.263 e. The molecule has 4 rings (SSSR count). The van der Waals surface area contributed by atoms with E-state index in [2.05, 4.69) is 21.3 Å². The van der Waals surface area contributed by atoms with E-state index in [1.165, 1.54) is 54.8 Å². The molecule has 0 aromatic heterocycles. The molecule has 2 fully saturated rings. The van der Waals surface area contributed by atoms with Crippen molar-refractivity contribution in [1.82, 2.24) is 21.3 Å². The van der Waals surface area contributed by atoms with Gasteiger partial charge < -0.3 is 28.4 Å².